The molecule has 0 aliphatic carbocycles. The molecule has 3 rings (SSSR count). The van der Waals surface area contributed by atoms with E-state index in [0.717, 1.165) is 70.2 Å². The van der Waals surface area contributed by atoms with Crippen LogP contribution in [0.1, 0.15) is 30.5 Å². The number of anilines is 1. The van der Waals surface area contributed by atoms with Crippen LogP contribution >= 0.6 is 46.7 Å². The van der Waals surface area contributed by atoms with E-state index < -0.39 is 0 Å². The van der Waals surface area contributed by atoms with Crippen molar-refractivity contribution in [3.8, 4) is 0 Å². The lowest BCUT2D eigenvalue weighted by Crippen LogP contribution is -2.52. The van der Waals surface area contributed by atoms with Crippen molar-refractivity contribution in [1.82, 2.24) is 15.2 Å². The molecule has 150 valence electrons. The van der Waals surface area contributed by atoms with Gasteiger partial charge in [0.25, 0.3) is 0 Å². The molecule has 1 saturated heterocycles. The van der Waals surface area contributed by atoms with E-state index in [1.54, 1.807) is 11.3 Å². The van der Waals surface area contributed by atoms with Gasteiger partial charge >= 0.3 is 0 Å². The fourth-order valence-electron chi connectivity index (χ4n) is 3.10. The van der Waals surface area contributed by atoms with Crippen LogP contribution < -0.4 is 10.2 Å². The lowest BCUT2D eigenvalue weighted by atomic mass is 10.2. The van der Waals surface area contributed by atoms with Crippen molar-refractivity contribution in [1.29, 1.82) is 0 Å². The van der Waals surface area contributed by atoms with Crippen LogP contribution in [0.4, 0.5) is 5.00 Å². The van der Waals surface area contributed by atoms with E-state index in [-0.39, 0.29) is 24.0 Å². The van der Waals surface area contributed by atoms with Gasteiger partial charge in [0.05, 0.1) is 10.0 Å². The molecule has 8 heteroatoms. The molecule has 27 heavy (non-hydrogen) atoms. The highest BCUT2D eigenvalue weighted by Crippen LogP contribution is 2.22. The number of aliphatic imine (C=N–C) groups is 1. The summed E-state index contributed by atoms with van der Waals surface area (Å²) < 4.78 is 0. The number of halogens is 1. The van der Waals surface area contributed by atoms with Crippen molar-refractivity contribution in [2.45, 2.75) is 33.1 Å². The van der Waals surface area contributed by atoms with Gasteiger partial charge in [-0.1, -0.05) is 0 Å². The SMILES string of the molecule is CCNC(=NCCCCc1nc(C)cs1)N1CCN(c2cccs2)CC1.I. The molecular weight excluding hydrogens is 489 g/mol. The zero-order valence-corrected chi connectivity index (χ0v) is 20.2. The second-order valence-electron chi connectivity index (χ2n) is 6.50. The maximum Gasteiger partial charge on any atom is 0.194 e. The van der Waals surface area contributed by atoms with Gasteiger partial charge in [0.1, 0.15) is 0 Å². The highest BCUT2D eigenvalue weighted by molar-refractivity contribution is 14.0. The second-order valence-corrected chi connectivity index (χ2v) is 8.37. The summed E-state index contributed by atoms with van der Waals surface area (Å²) in [4.78, 5) is 14.3. The molecule has 3 heterocycles. The quantitative estimate of drug-likeness (QED) is 0.257. The number of aromatic nitrogens is 1. The molecule has 1 aliphatic rings. The second kappa shape index (κ2) is 11.9. The topological polar surface area (TPSA) is 43.8 Å². The van der Waals surface area contributed by atoms with E-state index in [0.29, 0.717) is 0 Å². The number of hydrogen-bond donors (Lipinski definition) is 1. The molecule has 0 bridgehead atoms. The van der Waals surface area contributed by atoms with Gasteiger partial charge in [0.15, 0.2) is 5.96 Å². The van der Waals surface area contributed by atoms with Gasteiger partial charge in [-0.05, 0) is 50.6 Å². The third-order valence-electron chi connectivity index (χ3n) is 4.46. The van der Waals surface area contributed by atoms with Gasteiger partial charge in [-0.25, -0.2) is 4.98 Å². The molecule has 0 aromatic carbocycles. The molecule has 0 amide bonds. The van der Waals surface area contributed by atoms with Crippen molar-refractivity contribution in [3.63, 3.8) is 0 Å². The van der Waals surface area contributed by atoms with Crippen LogP contribution in [0.25, 0.3) is 0 Å². The first kappa shape index (κ1) is 22.4. The van der Waals surface area contributed by atoms with Gasteiger partial charge in [-0.2, -0.15) is 0 Å². The fraction of sp³-hybridized carbons (Fsp3) is 0.579. The summed E-state index contributed by atoms with van der Waals surface area (Å²) >= 11 is 3.60. The zero-order valence-electron chi connectivity index (χ0n) is 16.2. The molecule has 0 radical (unpaired) electrons. The highest BCUT2D eigenvalue weighted by Gasteiger charge is 2.20. The maximum atomic E-state index is 4.86. The van der Waals surface area contributed by atoms with Gasteiger partial charge in [0, 0.05) is 50.3 Å². The van der Waals surface area contributed by atoms with Gasteiger partial charge < -0.3 is 15.1 Å². The summed E-state index contributed by atoms with van der Waals surface area (Å²) in [6.07, 6.45) is 3.34. The molecular formula is C19H30IN5S2. The molecule has 0 spiro atoms. The summed E-state index contributed by atoms with van der Waals surface area (Å²) in [5.41, 5.74) is 1.14. The molecule has 0 saturated carbocycles. The van der Waals surface area contributed by atoms with Crippen molar-refractivity contribution in [3.05, 3.63) is 33.6 Å². The minimum Gasteiger partial charge on any atom is -0.360 e. The number of nitrogens with zero attached hydrogens (tertiary/aromatic N) is 4. The lowest BCUT2D eigenvalue weighted by molar-refractivity contribution is 0.373. The Balaban J connectivity index is 0.00000261. The molecule has 1 aliphatic heterocycles. The summed E-state index contributed by atoms with van der Waals surface area (Å²) in [5, 5.41) is 10.4. The number of thiazole rings is 1. The van der Waals surface area contributed by atoms with Crippen molar-refractivity contribution in [2.24, 2.45) is 4.99 Å². The number of rotatable bonds is 7. The number of aryl methyl sites for hydroxylation is 2. The average Bonchev–Trinajstić information content (AvgIpc) is 3.33. The molecule has 2 aromatic heterocycles. The van der Waals surface area contributed by atoms with Crippen LogP contribution in [0, 0.1) is 6.92 Å². The molecule has 5 nitrogen and oxygen atoms in total. The zero-order chi connectivity index (χ0) is 18.2. The van der Waals surface area contributed by atoms with Crippen LogP contribution in [0.15, 0.2) is 27.9 Å². The Morgan fingerprint density at radius 3 is 2.67 bits per heavy atom. The monoisotopic (exact) mass is 519 g/mol. The third-order valence-corrected chi connectivity index (χ3v) is 6.41. The Kier molecular flexibility index (Phi) is 9.84. The molecule has 2 aromatic rings. The molecule has 0 unspecified atom stereocenters. The largest absolute Gasteiger partial charge is 0.360 e. The Morgan fingerprint density at radius 1 is 1.22 bits per heavy atom. The first-order chi connectivity index (χ1) is 12.8. The van der Waals surface area contributed by atoms with Crippen LogP contribution in [0.3, 0.4) is 0 Å². The molecule has 0 atom stereocenters. The molecule has 1 fully saturated rings. The predicted molar refractivity (Wildman–Crippen MR) is 129 cm³/mol. The summed E-state index contributed by atoms with van der Waals surface area (Å²) in [6, 6.07) is 4.34. The lowest BCUT2D eigenvalue weighted by Gasteiger charge is -2.37. The van der Waals surface area contributed by atoms with E-state index in [4.69, 9.17) is 4.99 Å². The predicted octanol–water partition coefficient (Wildman–Crippen LogP) is 4.24. The number of nitrogens with one attached hydrogen (secondary N) is 1. The van der Waals surface area contributed by atoms with E-state index in [1.165, 1.54) is 10.0 Å². The fourth-order valence-corrected chi connectivity index (χ4v) is 4.71. The molecule has 1 N–H and O–H groups in total. The number of thiophene rings is 1. The Hall–Kier alpha value is -0.870. The van der Waals surface area contributed by atoms with Gasteiger partial charge in [0.2, 0.25) is 0 Å². The average molecular weight is 520 g/mol. The van der Waals surface area contributed by atoms with Crippen molar-refractivity contribution < 1.29 is 0 Å². The number of guanidine groups is 1. The third kappa shape index (κ3) is 6.90. The normalized spacial score (nSPS) is 15.0. The van der Waals surface area contributed by atoms with E-state index >= 15 is 0 Å². The Bertz CT molecular complexity index is 678. The summed E-state index contributed by atoms with van der Waals surface area (Å²) in [7, 11) is 0. The van der Waals surface area contributed by atoms with E-state index in [2.05, 4.69) is 56.8 Å². The smallest absolute Gasteiger partial charge is 0.194 e. The van der Waals surface area contributed by atoms with Gasteiger partial charge in [-0.3, -0.25) is 4.99 Å². The highest BCUT2D eigenvalue weighted by atomic mass is 127. The maximum absolute atomic E-state index is 4.86. The first-order valence-electron chi connectivity index (χ1n) is 9.49. The number of unbranched alkanes of at least 4 members (excludes halogenated alkanes) is 1. The van der Waals surface area contributed by atoms with Crippen LogP contribution in [-0.2, 0) is 6.42 Å². The minimum atomic E-state index is 0. The minimum absolute atomic E-state index is 0. The summed E-state index contributed by atoms with van der Waals surface area (Å²) in [6.45, 7) is 10.2. The standard InChI is InChI=1S/C19H29N5S2.HI/c1-3-20-19(21-9-5-4-7-17-22-16(2)15-26-17)24-12-10-23(11-13-24)18-8-6-14-25-18;/h6,8,14-15H,3-5,7,9-13H2,1-2H3,(H,20,21);1H. The Morgan fingerprint density at radius 2 is 2.04 bits per heavy atom. The number of hydrogen-bond acceptors (Lipinski definition) is 5. The summed E-state index contributed by atoms with van der Waals surface area (Å²) in [5.74, 6) is 1.07. The van der Waals surface area contributed by atoms with E-state index in [1.807, 2.05) is 11.3 Å². The Labute approximate surface area is 187 Å². The van der Waals surface area contributed by atoms with Crippen LogP contribution in [-0.4, -0.2) is 55.1 Å². The van der Waals surface area contributed by atoms with Crippen LogP contribution in [0.2, 0.25) is 0 Å². The first-order valence-corrected chi connectivity index (χ1v) is 11.2. The van der Waals surface area contributed by atoms with Gasteiger partial charge in [-0.15, -0.1) is 46.7 Å². The van der Waals surface area contributed by atoms with Crippen molar-refractivity contribution >= 4 is 57.6 Å². The number of piperazine rings is 1. The van der Waals surface area contributed by atoms with E-state index in [9.17, 15) is 0 Å². The van der Waals surface area contributed by atoms with Crippen molar-refractivity contribution in [2.75, 3.05) is 44.2 Å². The van der Waals surface area contributed by atoms with Crippen LogP contribution in [0.5, 0.6) is 0 Å².